The Morgan fingerprint density at radius 2 is 1.81 bits per heavy atom. The van der Waals surface area contributed by atoms with E-state index in [0.29, 0.717) is 35.5 Å². The summed E-state index contributed by atoms with van der Waals surface area (Å²) in [6.07, 6.45) is 0. The molecule has 0 atom stereocenters. The lowest BCUT2D eigenvalue weighted by molar-refractivity contribution is 0.0796. The minimum atomic E-state index is -3.82. The normalized spacial score (nSPS) is 14.4. The second kappa shape index (κ2) is 6.59. The average Bonchev–Trinajstić information content (AvgIpc) is 2.80. The summed E-state index contributed by atoms with van der Waals surface area (Å²) in [6.45, 7) is 0.876. The number of hydrogen-bond donors (Lipinski definition) is 1. The number of nitrogens with one attached hydrogen (secondary N) is 1. The quantitative estimate of drug-likeness (QED) is 0.755. The van der Waals surface area contributed by atoms with E-state index in [1.165, 1.54) is 6.07 Å². The highest BCUT2D eigenvalue weighted by Crippen LogP contribution is 2.29. The highest BCUT2D eigenvalue weighted by molar-refractivity contribution is 7.93. The van der Waals surface area contributed by atoms with Crippen molar-refractivity contribution in [1.82, 2.24) is 4.90 Å². The van der Waals surface area contributed by atoms with Crippen molar-refractivity contribution in [3.05, 3.63) is 66.2 Å². The van der Waals surface area contributed by atoms with Crippen LogP contribution in [0.5, 0.6) is 5.75 Å². The fourth-order valence-electron chi connectivity index (χ4n) is 3.13. The van der Waals surface area contributed by atoms with E-state index >= 15 is 0 Å². The van der Waals surface area contributed by atoms with Crippen molar-refractivity contribution in [2.24, 2.45) is 0 Å². The highest BCUT2D eigenvalue weighted by atomic mass is 32.2. The Kier molecular flexibility index (Phi) is 4.24. The monoisotopic (exact) mass is 382 g/mol. The third-order valence-electron chi connectivity index (χ3n) is 4.53. The Bertz CT molecular complexity index is 1140. The van der Waals surface area contributed by atoms with E-state index in [9.17, 15) is 13.2 Å². The molecule has 3 aromatic rings. The predicted octanol–water partition coefficient (Wildman–Crippen LogP) is 3.11. The standard InChI is InChI=1S/C20H18N2O4S/c1-22-11-12-26-18-10-9-15(13-17(18)20(22)23)21-27(24,25)19-8-4-6-14-5-2-3-7-16(14)19/h2-10,13,21H,11-12H2,1H3. The van der Waals surface area contributed by atoms with Crippen molar-refractivity contribution in [1.29, 1.82) is 0 Å². The van der Waals surface area contributed by atoms with Crippen LogP contribution in [0.1, 0.15) is 10.4 Å². The zero-order valence-electron chi connectivity index (χ0n) is 14.7. The van der Waals surface area contributed by atoms with Gasteiger partial charge in [-0.3, -0.25) is 9.52 Å². The number of hydrogen-bond acceptors (Lipinski definition) is 4. The van der Waals surface area contributed by atoms with Crippen LogP contribution in [-0.4, -0.2) is 39.4 Å². The number of fused-ring (bicyclic) bond motifs is 2. The first-order chi connectivity index (χ1) is 13.0. The van der Waals surface area contributed by atoms with Gasteiger partial charge in [0.15, 0.2) is 0 Å². The van der Waals surface area contributed by atoms with Crippen LogP contribution < -0.4 is 9.46 Å². The van der Waals surface area contributed by atoms with Crippen molar-refractivity contribution in [2.75, 3.05) is 24.9 Å². The number of benzene rings is 3. The molecule has 0 saturated carbocycles. The number of rotatable bonds is 3. The van der Waals surface area contributed by atoms with Crippen LogP contribution in [0.15, 0.2) is 65.6 Å². The van der Waals surface area contributed by atoms with Gasteiger partial charge in [-0.2, -0.15) is 0 Å². The third-order valence-corrected chi connectivity index (χ3v) is 5.97. The summed E-state index contributed by atoms with van der Waals surface area (Å²) < 4.78 is 34.1. The summed E-state index contributed by atoms with van der Waals surface area (Å²) in [5, 5.41) is 1.48. The van der Waals surface area contributed by atoms with Crippen LogP contribution in [0.3, 0.4) is 0 Å². The lowest BCUT2D eigenvalue weighted by Gasteiger charge is -2.14. The summed E-state index contributed by atoms with van der Waals surface area (Å²) in [5.41, 5.74) is 0.655. The topological polar surface area (TPSA) is 75.7 Å². The van der Waals surface area contributed by atoms with E-state index in [0.717, 1.165) is 5.39 Å². The molecule has 1 aliphatic heterocycles. The van der Waals surface area contributed by atoms with Crippen LogP contribution in [0.25, 0.3) is 10.8 Å². The smallest absolute Gasteiger partial charge is 0.262 e. The maximum absolute atomic E-state index is 13.0. The number of nitrogens with zero attached hydrogens (tertiary/aromatic N) is 1. The van der Waals surface area contributed by atoms with Crippen LogP contribution in [-0.2, 0) is 10.0 Å². The van der Waals surface area contributed by atoms with Gasteiger partial charge < -0.3 is 9.64 Å². The minimum Gasteiger partial charge on any atom is -0.491 e. The summed E-state index contributed by atoms with van der Waals surface area (Å²) in [6, 6.07) is 17.2. The number of likely N-dealkylation sites (N-methyl/N-ethyl adjacent to an activating group) is 1. The molecule has 0 bridgehead atoms. The zero-order valence-corrected chi connectivity index (χ0v) is 15.5. The number of carbonyl (C=O) groups is 1. The van der Waals surface area contributed by atoms with E-state index in [4.69, 9.17) is 4.74 Å². The van der Waals surface area contributed by atoms with Crippen molar-refractivity contribution in [3.8, 4) is 5.75 Å². The Morgan fingerprint density at radius 3 is 2.67 bits per heavy atom. The lowest BCUT2D eigenvalue weighted by Crippen LogP contribution is -2.27. The first-order valence-electron chi connectivity index (χ1n) is 8.48. The van der Waals surface area contributed by atoms with Crippen LogP contribution in [0.2, 0.25) is 0 Å². The molecular formula is C20H18N2O4S. The number of ether oxygens (including phenoxy) is 1. The maximum Gasteiger partial charge on any atom is 0.262 e. The van der Waals surface area contributed by atoms with Gasteiger partial charge in [0.2, 0.25) is 0 Å². The first-order valence-corrected chi connectivity index (χ1v) is 9.97. The molecule has 27 heavy (non-hydrogen) atoms. The molecule has 0 radical (unpaired) electrons. The second-order valence-corrected chi connectivity index (χ2v) is 8.02. The molecule has 1 amide bonds. The summed E-state index contributed by atoms with van der Waals surface area (Å²) in [5.74, 6) is 0.256. The fraction of sp³-hybridized carbons (Fsp3) is 0.150. The number of anilines is 1. The van der Waals surface area contributed by atoms with Gasteiger partial charge in [-0.05, 0) is 29.7 Å². The fourth-order valence-corrected chi connectivity index (χ4v) is 4.41. The van der Waals surface area contributed by atoms with Crippen molar-refractivity contribution >= 4 is 32.4 Å². The molecule has 0 spiro atoms. The second-order valence-electron chi connectivity index (χ2n) is 6.37. The lowest BCUT2D eigenvalue weighted by atomic mass is 10.1. The first kappa shape index (κ1) is 17.4. The zero-order chi connectivity index (χ0) is 19.0. The van der Waals surface area contributed by atoms with Gasteiger partial charge in [0, 0.05) is 18.1 Å². The number of carbonyl (C=O) groups excluding carboxylic acids is 1. The SMILES string of the molecule is CN1CCOc2ccc(NS(=O)(=O)c3cccc4ccccc34)cc2C1=O. The van der Waals surface area contributed by atoms with Crippen molar-refractivity contribution < 1.29 is 17.9 Å². The predicted molar refractivity (Wildman–Crippen MR) is 104 cm³/mol. The largest absolute Gasteiger partial charge is 0.491 e. The maximum atomic E-state index is 13.0. The van der Waals surface area contributed by atoms with Crippen LogP contribution >= 0.6 is 0 Å². The summed E-state index contributed by atoms with van der Waals surface area (Å²) in [7, 11) is -2.13. The Morgan fingerprint density at radius 1 is 1.04 bits per heavy atom. The molecule has 1 aliphatic rings. The van der Waals surface area contributed by atoms with Gasteiger partial charge in [-0.1, -0.05) is 36.4 Å². The molecule has 0 saturated heterocycles. The molecule has 4 rings (SSSR count). The number of amides is 1. The van der Waals surface area contributed by atoms with E-state index < -0.39 is 10.0 Å². The number of sulfonamides is 1. The Hall–Kier alpha value is -3.06. The van der Waals surface area contributed by atoms with E-state index in [1.54, 1.807) is 48.3 Å². The summed E-state index contributed by atoms with van der Waals surface area (Å²) in [4.78, 5) is 14.2. The molecule has 0 unspecified atom stereocenters. The van der Waals surface area contributed by atoms with Gasteiger partial charge >= 0.3 is 0 Å². The molecule has 1 heterocycles. The molecule has 0 aliphatic carbocycles. The van der Waals surface area contributed by atoms with E-state index in [-0.39, 0.29) is 10.8 Å². The molecule has 0 fully saturated rings. The molecular weight excluding hydrogens is 364 g/mol. The van der Waals surface area contributed by atoms with Gasteiger partial charge in [-0.25, -0.2) is 8.42 Å². The molecule has 0 aromatic heterocycles. The van der Waals surface area contributed by atoms with Crippen LogP contribution in [0.4, 0.5) is 5.69 Å². The molecule has 6 nitrogen and oxygen atoms in total. The molecule has 1 N–H and O–H groups in total. The van der Waals surface area contributed by atoms with Crippen molar-refractivity contribution in [2.45, 2.75) is 4.90 Å². The highest BCUT2D eigenvalue weighted by Gasteiger charge is 2.23. The van der Waals surface area contributed by atoms with E-state index in [1.807, 2.05) is 18.2 Å². The van der Waals surface area contributed by atoms with Gasteiger partial charge in [0.1, 0.15) is 12.4 Å². The summed E-state index contributed by atoms with van der Waals surface area (Å²) >= 11 is 0. The van der Waals surface area contributed by atoms with E-state index in [2.05, 4.69) is 4.72 Å². The van der Waals surface area contributed by atoms with Crippen molar-refractivity contribution in [3.63, 3.8) is 0 Å². The molecule has 3 aromatic carbocycles. The third kappa shape index (κ3) is 3.21. The van der Waals surface area contributed by atoms with Gasteiger partial charge in [-0.15, -0.1) is 0 Å². The Balaban J connectivity index is 1.73. The average molecular weight is 382 g/mol. The molecule has 138 valence electrons. The minimum absolute atomic E-state index is 0.190. The van der Waals surface area contributed by atoms with Gasteiger partial charge in [0.05, 0.1) is 17.0 Å². The molecule has 7 heteroatoms. The van der Waals surface area contributed by atoms with Crippen LogP contribution in [0, 0.1) is 0 Å². The van der Waals surface area contributed by atoms with Gasteiger partial charge in [0.25, 0.3) is 15.9 Å². The Labute approximate surface area is 157 Å².